The number of nitrogens with one attached hydrogen (secondary N) is 2. The number of rotatable bonds is 11. The summed E-state index contributed by atoms with van der Waals surface area (Å²) in [5.41, 5.74) is 12.9. The second kappa shape index (κ2) is 14.8. The monoisotopic (exact) mass is 310 g/mol. The third-order valence-corrected chi connectivity index (χ3v) is 2.21. The highest BCUT2D eigenvalue weighted by atomic mass is 16.5. The van der Waals surface area contributed by atoms with Crippen molar-refractivity contribution in [3.8, 4) is 6.19 Å². The number of hydrogen-bond donors (Lipinski definition) is 4. The molecular formula is C12H22N8O2. The minimum absolute atomic E-state index is 0.112. The third kappa shape index (κ3) is 13.9. The smallest absolute Gasteiger partial charge is 0.259 e. The largest absolute Gasteiger partial charge is 0.379 e. The van der Waals surface area contributed by atoms with E-state index in [1.165, 1.54) is 0 Å². The van der Waals surface area contributed by atoms with Crippen LogP contribution in [0.4, 0.5) is 0 Å². The van der Waals surface area contributed by atoms with E-state index in [0.717, 1.165) is 12.8 Å². The number of aliphatic imine (C=N–C) groups is 2. The van der Waals surface area contributed by atoms with E-state index in [0.29, 0.717) is 39.5 Å². The fraction of sp³-hybridized carbons (Fsp3) is 0.667. The summed E-state index contributed by atoms with van der Waals surface area (Å²) in [4.78, 5) is 10.1. The summed E-state index contributed by atoms with van der Waals surface area (Å²) in [5.74, 6) is 0.230. The van der Waals surface area contributed by atoms with Gasteiger partial charge in [0.1, 0.15) is 0 Å². The Kier molecular flexibility index (Phi) is 13.1. The van der Waals surface area contributed by atoms with Crippen molar-refractivity contribution in [3.63, 3.8) is 0 Å². The Labute approximate surface area is 130 Å². The van der Waals surface area contributed by atoms with Crippen molar-refractivity contribution in [2.45, 2.75) is 12.8 Å². The van der Waals surface area contributed by atoms with Gasteiger partial charge >= 0.3 is 0 Å². The molecule has 0 aromatic rings. The number of hydrogen-bond acceptors (Lipinski definition) is 5. The van der Waals surface area contributed by atoms with E-state index < -0.39 is 0 Å². The SMILES string of the molecule is [C-]#[N+]NC(N)=NCCCOCCOCCCNC(N)=NC#N. The average Bonchev–Trinajstić information content (AvgIpc) is 2.49. The van der Waals surface area contributed by atoms with Gasteiger partial charge in [0, 0.05) is 26.3 Å². The molecule has 0 aliphatic heterocycles. The van der Waals surface area contributed by atoms with Crippen molar-refractivity contribution in [2.24, 2.45) is 21.5 Å². The van der Waals surface area contributed by atoms with E-state index in [1.807, 2.05) is 0 Å². The van der Waals surface area contributed by atoms with Gasteiger partial charge < -0.3 is 26.3 Å². The topological polar surface area (TPSA) is 147 Å². The Hall–Kier alpha value is -2.56. The molecule has 0 spiro atoms. The molecule has 0 radical (unpaired) electrons. The molecule has 0 rings (SSSR count). The quantitative estimate of drug-likeness (QED) is 0.0947. The summed E-state index contributed by atoms with van der Waals surface area (Å²) < 4.78 is 10.7. The van der Waals surface area contributed by atoms with Gasteiger partial charge in [0.25, 0.3) is 5.96 Å². The highest BCUT2D eigenvalue weighted by Gasteiger charge is 1.94. The van der Waals surface area contributed by atoms with Crippen molar-refractivity contribution < 1.29 is 9.47 Å². The number of nitrogens with two attached hydrogens (primary N) is 2. The zero-order valence-electron chi connectivity index (χ0n) is 12.4. The van der Waals surface area contributed by atoms with E-state index in [1.54, 1.807) is 6.19 Å². The third-order valence-electron chi connectivity index (χ3n) is 2.21. The molecule has 10 heteroatoms. The molecule has 0 aliphatic rings. The second-order valence-corrected chi connectivity index (χ2v) is 3.95. The number of nitrogens with zero attached hydrogens (tertiary/aromatic N) is 4. The highest BCUT2D eigenvalue weighted by molar-refractivity contribution is 5.78. The van der Waals surface area contributed by atoms with E-state index in [4.69, 9.17) is 32.8 Å². The molecule has 0 bridgehead atoms. The molecule has 0 unspecified atom stereocenters. The Morgan fingerprint density at radius 1 is 1.14 bits per heavy atom. The Morgan fingerprint density at radius 3 is 2.45 bits per heavy atom. The van der Waals surface area contributed by atoms with Crippen molar-refractivity contribution in [2.75, 3.05) is 39.5 Å². The van der Waals surface area contributed by atoms with Crippen LogP contribution in [0.15, 0.2) is 9.98 Å². The highest BCUT2D eigenvalue weighted by Crippen LogP contribution is 1.87. The van der Waals surface area contributed by atoms with E-state index >= 15 is 0 Å². The molecule has 0 amide bonds. The molecule has 0 heterocycles. The van der Waals surface area contributed by atoms with Gasteiger partial charge in [-0.3, -0.25) is 0 Å². The molecular weight excluding hydrogens is 288 g/mol. The maximum Gasteiger partial charge on any atom is 0.259 e. The summed E-state index contributed by atoms with van der Waals surface area (Å²) in [6, 6.07) is 0. The number of nitriles is 1. The standard InChI is InChI=1S/C12H22N8O2/c1-16-20-12(15)18-5-3-7-22-9-8-21-6-2-4-17-11(14)19-10-13/h2-9H2,(H3,14,17,19)(H3,15,18,20). The van der Waals surface area contributed by atoms with Gasteiger partial charge in [0.05, 0.1) is 13.2 Å². The Morgan fingerprint density at radius 2 is 1.82 bits per heavy atom. The first kappa shape index (κ1) is 19.4. The molecule has 0 fully saturated rings. The fourth-order valence-electron chi connectivity index (χ4n) is 1.26. The molecule has 122 valence electrons. The fourth-order valence-corrected chi connectivity index (χ4v) is 1.26. The van der Waals surface area contributed by atoms with Gasteiger partial charge in [0.15, 0.2) is 0 Å². The van der Waals surface area contributed by atoms with Gasteiger partial charge in [0.2, 0.25) is 12.2 Å². The van der Waals surface area contributed by atoms with Gasteiger partial charge in [-0.25, -0.2) is 4.99 Å². The second-order valence-electron chi connectivity index (χ2n) is 3.95. The first-order chi connectivity index (χ1) is 10.7. The van der Waals surface area contributed by atoms with Crippen LogP contribution in [0.5, 0.6) is 0 Å². The lowest BCUT2D eigenvalue weighted by molar-refractivity contribution is 0.0469. The first-order valence-electron chi connectivity index (χ1n) is 6.74. The van der Waals surface area contributed by atoms with Crippen LogP contribution in [-0.2, 0) is 9.47 Å². The first-order valence-corrected chi connectivity index (χ1v) is 6.74. The minimum atomic E-state index is 0.112. The lowest BCUT2D eigenvalue weighted by Crippen LogP contribution is -2.32. The van der Waals surface area contributed by atoms with Crippen LogP contribution in [0.3, 0.4) is 0 Å². The number of guanidine groups is 2. The van der Waals surface area contributed by atoms with E-state index in [9.17, 15) is 0 Å². The van der Waals surface area contributed by atoms with Crippen LogP contribution < -0.4 is 22.2 Å². The normalized spacial score (nSPS) is 11.5. The van der Waals surface area contributed by atoms with Crippen molar-refractivity contribution in [3.05, 3.63) is 11.5 Å². The van der Waals surface area contributed by atoms with E-state index in [2.05, 4.69) is 25.7 Å². The van der Waals surface area contributed by atoms with Crippen LogP contribution in [0, 0.1) is 18.0 Å². The van der Waals surface area contributed by atoms with Crippen LogP contribution in [0.2, 0.25) is 0 Å². The van der Waals surface area contributed by atoms with Crippen LogP contribution >= 0.6 is 0 Å². The molecule has 22 heavy (non-hydrogen) atoms. The molecule has 0 atom stereocenters. The Bertz CT molecular complexity index is 424. The van der Waals surface area contributed by atoms with Crippen molar-refractivity contribution >= 4 is 11.9 Å². The summed E-state index contributed by atoms with van der Waals surface area (Å²) in [6.07, 6.45) is 3.07. The Balaban J connectivity index is 3.25. The molecule has 6 N–H and O–H groups in total. The molecule has 0 saturated carbocycles. The molecule has 0 aliphatic carbocycles. The number of ether oxygens (including phenoxy) is 2. The maximum absolute atomic E-state index is 8.24. The van der Waals surface area contributed by atoms with Crippen molar-refractivity contribution in [1.29, 1.82) is 5.26 Å². The van der Waals surface area contributed by atoms with Crippen LogP contribution in [0.1, 0.15) is 12.8 Å². The molecule has 0 aromatic heterocycles. The summed E-state index contributed by atoms with van der Waals surface area (Å²) in [5, 5.41) is 11.0. The molecule has 0 aromatic carbocycles. The zero-order valence-corrected chi connectivity index (χ0v) is 12.4. The predicted octanol–water partition coefficient (Wildman–Crippen LogP) is -1.08. The van der Waals surface area contributed by atoms with Crippen LogP contribution in [0.25, 0.3) is 4.95 Å². The lowest BCUT2D eigenvalue weighted by Gasteiger charge is -2.06. The molecule has 10 nitrogen and oxygen atoms in total. The zero-order chi connectivity index (χ0) is 16.5. The summed E-state index contributed by atoms with van der Waals surface area (Å²) in [6.45, 7) is 9.75. The summed E-state index contributed by atoms with van der Waals surface area (Å²) in [7, 11) is 0. The average molecular weight is 310 g/mol. The predicted molar refractivity (Wildman–Crippen MR) is 82.3 cm³/mol. The lowest BCUT2D eigenvalue weighted by atomic mass is 10.4. The summed E-state index contributed by atoms with van der Waals surface area (Å²) >= 11 is 0. The minimum Gasteiger partial charge on any atom is -0.379 e. The van der Waals surface area contributed by atoms with Gasteiger partial charge in [-0.05, 0) is 12.8 Å². The van der Waals surface area contributed by atoms with Gasteiger partial charge in [-0.15, -0.1) is 4.99 Å². The van der Waals surface area contributed by atoms with Gasteiger partial charge in [-0.2, -0.15) is 16.8 Å². The van der Waals surface area contributed by atoms with Crippen LogP contribution in [-0.4, -0.2) is 51.4 Å². The molecule has 0 saturated heterocycles. The maximum atomic E-state index is 8.24. The van der Waals surface area contributed by atoms with Gasteiger partial charge in [-0.1, -0.05) is 5.43 Å². The van der Waals surface area contributed by atoms with Crippen molar-refractivity contribution in [1.82, 2.24) is 10.7 Å². The van der Waals surface area contributed by atoms with E-state index in [-0.39, 0.29) is 11.9 Å².